The maximum absolute atomic E-state index is 12.3. The molecule has 10 heteroatoms. The number of nitrogens with one attached hydrogen (secondary N) is 2. The molecule has 26 heavy (non-hydrogen) atoms. The van der Waals surface area contributed by atoms with E-state index < -0.39 is 11.6 Å². The lowest BCUT2D eigenvalue weighted by Crippen LogP contribution is -2.15. The Morgan fingerprint density at radius 1 is 1.23 bits per heavy atom. The number of hydrogen-bond donors (Lipinski definition) is 3. The lowest BCUT2D eigenvalue weighted by Gasteiger charge is -2.11. The fraction of sp³-hybridized carbons (Fsp3) is 0.250. The van der Waals surface area contributed by atoms with E-state index in [9.17, 15) is 18.0 Å². The number of carbonyl (C=O) groups excluding carboxylic acids is 1. The molecule has 0 radical (unpaired) electrons. The maximum atomic E-state index is 12.3. The van der Waals surface area contributed by atoms with E-state index in [0.717, 1.165) is 5.56 Å². The van der Waals surface area contributed by atoms with Gasteiger partial charge >= 0.3 is 11.6 Å². The Kier molecular flexibility index (Phi) is 6.56. The molecule has 1 aromatic carbocycles. The number of nitrogens with zero attached hydrogens (tertiary/aromatic N) is 1. The molecule has 0 aliphatic rings. The van der Waals surface area contributed by atoms with Gasteiger partial charge in [0, 0.05) is 11.4 Å². The average Bonchev–Trinajstić information content (AvgIpc) is 2.55. The van der Waals surface area contributed by atoms with Crippen LogP contribution in [0.4, 0.5) is 35.3 Å². The molecular weight excluding hydrogens is 369 g/mol. The molecule has 2 rings (SSSR count). The highest BCUT2D eigenvalue weighted by molar-refractivity contribution is 8.00. The lowest BCUT2D eigenvalue weighted by molar-refractivity contribution is -0.0328. The zero-order chi connectivity index (χ0) is 19.2. The van der Waals surface area contributed by atoms with Gasteiger partial charge in [-0.1, -0.05) is 12.1 Å². The number of amides is 1. The Morgan fingerprint density at radius 2 is 1.92 bits per heavy atom. The fourth-order valence-electron chi connectivity index (χ4n) is 1.96. The molecule has 2 aromatic rings. The van der Waals surface area contributed by atoms with Gasteiger partial charge in [-0.3, -0.25) is 5.32 Å². The first kappa shape index (κ1) is 19.7. The molecule has 1 heterocycles. The number of alkyl halides is 3. The molecule has 0 fully saturated rings. The zero-order valence-corrected chi connectivity index (χ0v) is 14.6. The first-order valence-electron chi connectivity index (χ1n) is 7.55. The van der Waals surface area contributed by atoms with Crippen molar-refractivity contribution >= 4 is 35.2 Å². The van der Waals surface area contributed by atoms with Crippen LogP contribution in [0.1, 0.15) is 12.5 Å². The molecule has 0 atom stereocenters. The number of carbonyl (C=O) groups is 1. The molecule has 0 unspecified atom stereocenters. The molecule has 0 saturated heterocycles. The second kappa shape index (κ2) is 8.65. The minimum absolute atomic E-state index is 0.111. The topological polar surface area (TPSA) is 89.3 Å². The number of rotatable bonds is 6. The van der Waals surface area contributed by atoms with Crippen LogP contribution in [0, 0.1) is 0 Å². The lowest BCUT2D eigenvalue weighted by atomic mass is 10.2. The number of benzene rings is 1. The molecule has 140 valence electrons. The summed E-state index contributed by atoms with van der Waals surface area (Å²) in [5.74, 6) is 0.575. The summed E-state index contributed by atoms with van der Waals surface area (Å²) in [5.41, 5.74) is 2.58. The Labute approximate surface area is 152 Å². The van der Waals surface area contributed by atoms with Gasteiger partial charge in [0.05, 0.1) is 12.3 Å². The fourth-order valence-corrected chi connectivity index (χ4v) is 2.50. The van der Waals surface area contributed by atoms with Gasteiger partial charge in [0.2, 0.25) is 0 Å². The average molecular weight is 386 g/mol. The first-order valence-corrected chi connectivity index (χ1v) is 8.37. The summed E-state index contributed by atoms with van der Waals surface area (Å²) < 4.78 is 41.7. The van der Waals surface area contributed by atoms with Crippen LogP contribution in [0.2, 0.25) is 0 Å². The molecule has 1 amide bonds. The number of anilines is 3. The molecule has 0 spiro atoms. The second-order valence-electron chi connectivity index (χ2n) is 5.02. The zero-order valence-electron chi connectivity index (χ0n) is 13.8. The summed E-state index contributed by atoms with van der Waals surface area (Å²) in [6.07, 6.45) is -0.626. The van der Waals surface area contributed by atoms with Gasteiger partial charge < -0.3 is 15.8 Å². The summed E-state index contributed by atoms with van der Waals surface area (Å²) in [7, 11) is 0. The van der Waals surface area contributed by atoms with Crippen LogP contribution in [-0.4, -0.2) is 23.2 Å². The van der Waals surface area contributed by atoms with Gasteiger partial charge in [-0.2, -0.15) is 13.2 Å². The number of halogens is 3. The van der Waals surface area contributed by atoms with E-state index in [1.807, 2.05) is 0 Å². The third-order valence-electron chi connectivity index (χ3n) is 3.07. The van der Waals surface area contributed by atoms with Gasteiger partial charge in [0.25, 0.3) is 0 Å². The van der Waals surface area contributed by atoms with Crippen molar-refractivity contribution in [1.82, 2.24) is 4.98 Å². The van der Waals surface area contributed by atoms with E-state index in [1.165, 1.54) is 12.1 Å². The molecule has 6 nitrogen and oxygen atoms in total. The summed E-state index contributed by atoms with van der Waals surface area (Å²) in [6.45, 7) is 2.27. The van der Waals surface area contributed by atoms with Crippen LogP contribution in [0.25, 0.3) is 0 Å². The van der Waals surface area contributed by atoms with Crippen molar-refractivity contribution in [3.63, 3.8) is 0 Å². The largest absolute Gasteiger partial charge is 0.450 e. The Hall–Kier alpha value is -2.62. The molecule has 1 aromatic heterocycles. The van der Waals surface area contributed by atoms with Crippen molar-refractivity contribution < 1.29 is 22.7 Å². The van der Waals surface area contributed by atoms with Crippen LogP contribution >= 0.6 is 11.8 Å². The molecule has 0 aliphatic heterocycles. The van der Waals surface area contributed by atoms with Gasteiger partial charge in [-0.25, -0.2) is 9.78 Å². The Bertz CT molecular complexity index is 754. The Morgan fingerprint density at radius 3 is 2.50 bits per heavy atom. The van der Waals surface area contributed by atoms with Crippen molar-refractivity contribution in [2.45, 2.75) is 23.9 Å². The maximum Gasteiger partial charge on any atom is 0.446 e. The molecule has 0 bridgehead atoms. The molecule has 4 N–H and O–H groups in total. The highest BCUT2D eigenvalue weighted by Gasteiger charge is 2.28. The number of nitrogen functional groups attached to an aromatic ring is 1. The molecular formula is C16H17F3N4O2S. The van der Waals surface area contributed by atoms with Gasteiger partial charge in [0.15, 0.2) is 0 Å². The van der Waals surface area contributed by atoms with E-state index >= 15 is 0 Å². The van der Waals surface area contributed by atoms with E-state index in [2.05, 4.69) is 15.6 Å². The summed E-state index contributed by atoms with van der Waals surface area (Å²) in [4.78, 5) is 15.6. The smallest absolute Gasteiger partial charge is 0.446 e. The first-order chi connectivity index (χ1) is 12.3. The number of hydrogen-bond acceptors (Lipinski definition) is 6. The van der Waals surface area contributed by atoms with Crippen molar-refractivity contribution in [3.05, 3.63) is 42.0 Å². The minimum Gasteiger partial charge on any atom is -0.450 e. The number of aromatic nitrogens is 1. The normalized spacial score (nSPS) is 11.1. The summed E-state index contributed by atoms with van der Waals surface area (Å²) in [5, 5.41) is 5.48. The summed E-state index contributed by atoms with van der Waals surface area (Å²) >= 11 is -0.158. The third-order valence-corrected chi connectivity index (χ3v) is 3.81. The monoisotopic (exact) mass is 386 g/mol. The number of ether oxygens (including phenoxy) is 1. The van der Waals surface area contributed by atoms with Crippen molar-refractivity contribution in [2.24, 2.45) is 0 Å². The predicted octanol–water partition coefficient (Wildman–Crippen LogP) is 4.46. The quantitative estimate of drug-likeness (QED) is 0.636. The van der Waals surface area contributed by atoms with E-state index in [1.54, 1.807) is 31.2 Å². The SMILES string of the molecule is CCOC(=O)Nc1ccc(NCc2ccc(SC(F)(F)F)cc2)nc1N. The van der Waals surface area contributed by atoms with Crippen LogP contribution < -0.4 is 16.4 Å². The van der Waals surface area contributed by atoms with Crippen molar-refractivity contribution in [3.8, 4) is 0 Å². The van der Waals surface area contributed by atoms with E-state index in [4.69, 9.17) is 10.5 Å². The van der Waals surface area contributed by atoms with E-state index in [-0.39, 0.29) is 29.1 Å². The number of thioether (sulfide) groups is 1. The van der Waals surface area contributed by atoms with Gasteiger partial charge in [0.1, 0.15) is 11.6 Å². The van der Waals surface area contributed by atoms with Crippen LogP contribution in [0.3, 0.4) is 0 Å². The Balaban J connectivity index is 1.93. The number of pyridine rings is 1. The number of nitrogens with two attached hydrogens (primary N) is 1. The molecule has 0 aliphatic carbocycles. The standard InChI is InChI=1S/C16H17F3N4O2S/c1-2-25-15(24)22-12-7-8-13(23-14(12)20)21-9-10-3-5-11(6-4-10)26-16(17,18)19/h3-8H,2,9H2,1H3,(H,22,24)(H3,20,21,23). The van der Waals surface area contributed by atoms with Crippen molar-refractivity contribution in [2.75, 3.05) is 23.0 Å². The molecule has 0 saturated carbocycles. The van der Waals surface area contributed by atoms with Gasteiger partial charge in [-0.05, 0) is 48.5 Å². The highest BCUT2D eigenvalue weighted by Crippen LogP contribution is 2.36. The predicted molar refractivity (Wildman–Crippen MR) is 95.0 cm³/mol. The van der Waals surface area contributed by atoms with E-state index in [0.29, 0.717) is 18.1 Å². The van der Waals surface area contributed by atoms with Crippen LogP contribution in [-0.2, 0) is 11.3 Å². The highest BCUT2D eigenvalue weighted by atomic mass is 32.2. The third kappa shape index (κ3) is 6.36. The van der Waals surface area contributed by atoms with Crippen LogP contribution in [0.15, 0.2) is 41.3 Å². The minimum atomic E-state index is -4.31. The second-order valence-corrected chi connectivity index (χ2v) is 6.16. The van der Waals surface area contributed by atoms with Gasteiger partial charge in [-0.15, -0.1) is 0 Å². The van der Waals surface area contributed by atoms with Crippen LogP contribution in [0.5, 0.6) is 0 Å². The summed E-state index contributed by atoms with van der Waals surface area (Å²) in [6, 6.07) is 9.20. The van der Waals surface area contributed by atoms with Crippen molar-refractivity contribution in [1.29, 1.82) is 0 Å².